The number of nitrogens with one attached hydrogen (secondary N) is 2. The smallest absolute Gasteiger partial charge is 0.227 e. The molecule has 2 unspecified atom stereocenters. The number of hydrogen-bond acceptors (Lipinski definition) is 6. The number of aromatic nitrogens is 2. The number of morpholine rings is 1. The van der Waals surface area contributed by atoms with Crippen molar-refractivity contribution in [3.63, 3.8) is 0 Å². The van der Waals surface area contributed by atoms with Crippen LogP contribution in [0.3, 0.4) is 0 Å². The van der Waals surface area contributed by atoms with Gasteiger partial charge in [-0.3, -0.25) is 14.8 Å². The van der Waals surface area contributed by atoms with E-state index < -0.39 is 6.23 Å². The molecule has 2 saturated heterocycles. The number of amides is 1. The van der Waals surface area contributed by atoms with Crippen molar-refractivity contribution in [2.45, 2.75) is 32.0 Å². The van der Waals surface area contributed by atoms with Crippen LogP contribution in [0.1, 0.15) is 23.2 Å². The summed E-state index contributed by atoms with van der Waals surface area (Å²) in [6, 6.07) is 20.4. The molecule has 0 bridgehead atoms. The number of carbonyl (C=O) groups is 1. The first-order valence-electron chi connectivity index (χ1n) is 12.4. The summed E-state index contributed by atoms with van der Waals surface area (Å²) in [5.74, 6) is 0.418. The number of rotatable bonds is 9. The molecule has 3 aromatic rings. The Bertz CT molecular complexity index is 1100. The predicted octanol–water partition coefficient (Wildman–Crippen LogP) is 2.81. The standard InChI is InChI=1S/C27H33N5O3/c33-26-16-22(19-32(26)24-10-7-21(8-11-24)18-31-12-14-35-15-13-31)27(34)28-25-17-23(29-30-25)9-6-20-4-2-1-3-5-20/h1-5,7-8,10-11,17,22,27,34H,6,9,12-16,18-19H2,(H2,28,29,30). The number of benzene rings is 2. The van der Waals surface area contributed by atoms with Crippen LogP contribution in [0.15, 0.2) is 60.7 Å². The van der Waals surface area contributed by atoms with E-state index in [9.17, 15) is 9.90 Å². The molecule has 0 spiro atoms. The molecule has 8 heteroatoms. The topological polar surface area (TPSA) is 93.7 Å². The molecule has 8 nitrogen and oxygen atoms in total. The molecule has 1 aromatic heterocycles. The van der Waals surface area contributed by atoms with Crippen LogP contribution >= 0.6 is 0 Å². The number of aliphatic hydroxyl groups is 1. The van der Waals surface area contributed by atoms with Crippen LogP contribution in [0, 0.1) is 5.92 Å². The van der Waals surface area contributed by atoms with Gasteiger partial charge in [0.2, 0.25) is 5.91 Å². The number of aryl methyl sites for hydroxylation is 2. The van der Waals surface area contributed by atoms with E-state index in [-0.39, 0.29) is 11.8 Å². The highest BCUT2D eigenvalue weighted by Gasteiger charge is 2.35. The average molecular weight is 476 g/mol. The second-order valence-electron chi connectivity index (χ2n) is 9.38. The highest BCUT2D eigenvalue weighted by Crippen LogP contribution is 2.28. The number of anilines is 2. The van der Waals surface area contributed by atoms with E-state index in [0.29, 0.717) is 18.8 Å². The van der Waals surface area contributed by atoms with E-state index in [0.717, 1.165) is 57.1 Å². The molecular weight excluding hydrogens is 442 g/mol. The molecule has 5 rings (SSSR count). The number of carbonyl (C=O) groups excluding carboxylic acids is 1. The largest absolute Gasteiger partial charge is 0.379 e. The Balaban J connectivity index is 1.13. The molecule has 2 fully saturated rings. The SMILES string of the molecule is O=C1CC(C(O)Nc2cc(CCc3ccccc3)[nH]n2)CN1c1ccc(CN2CCOCC2)cc1. The molecule has 2 aromatic carbocycles. The van der Waals surface area contributed by atoms with Crippen molar-refractivity contribution in [1.29, 1.82) is 0 Å². The average Bonchev–Trinajstić information content (AvgIpc) is 3.51. The Morgan fingerprint density at radius 2 is 1.83 bits per heavy atom. The summed E-state index contributed by atoms with van der Waals surface area (Å²) in [7, 11) is 0. The summed E-state index contributed by atoms with van der Waals surface area (Å²) in [4.78, 5) is 16.9. The van der Waals surface area contributed by atoms with Crippen molar-refractivity contribution in [3.8, 4) is 0 Å². The molecule has 0 saturated carbocycles. The molecule has 2 atom stereocenters. The minimum absolute atomic E-state index is 0.0300. The fraction of sp³-hybridized carbons (Fsp3) is 0.407. The zero-order valence-electron chi connectivity index (χ0n) is 19.9. The molecule has 3 heterocycles. The number of hydrogen-bond donors (Lipinski definition) is 3. The van der Waals surface area contributed by atoms with E-state index in [4.69, 9.17) is 4.74 Å². The van der Waals surface area contributed by atoms with Crippen LogP contribution in [0.4, 0.5) is 11.5 Å². The van der Waals surface area contributed by atoms with Gasteiger partial charge in [0.1, 0.15) is 12.0 Å². The maximum Gasteiger partial charge on any atom is 0.227 e. The molecular formula is C27H33N5O3. The summed E-state index contributed by atoms with van der Waals surface area (Å²) in [5.41, 5.74) is 4.38. The number of aromatic amines is 1. The molecule has 35 heavy (non-hydrogen) atoms. The lowest BCUT2D eigenvalue weighted by atomic mass is 10.1. The number of ether oxygens (including phenoxy) is 1. The van der Waals surface area contributed by atoms with Crippen molar-refractivity contribution < 1.29 is 14.6 Å². The zero-order chi connectivity index (χ0) is 24.0. The van der Waals surface area contributed by atoms with E-state index in [1.807, 2.05) is 36.4 Å². The lowest BCUT2D eigenvalue weighted by molar-refractivity contribution is -0.117. The van der Waals surface area contributed by atoms with E-state index in [1.54, 1.807) is 4.90 Å². The van der Waals surface area contributed by atoms with Crippen molar-refractivity contribution >= 4 is 17.4 Å². The van der Waals surface area contributed by atoms with Gasteiger partial charge < -0.3 is 20.1 Å². The second-order valence-corrected chi connectivity index (χ2v) is 9.38. The number of aliphatic hydroxyl groups excluding tert-OH is 1. The third-order valence-corrected chi connectivity index (χ3v) is 6.81. The maximum atomic E-state index is 12.7. The molecule has 0 aliphatic carbocycles. The summed E-state index contributed by atoms with van der Waals surface area (Å²) in [5, 5.41) is 21.2. The van der Waals surface area contributed by atoms with E-state index in [2.05, 4.69) is 44.7 Å². The van der Waals surface area contributed by atoms with Gasteiger partial charge in [0.15, 0.2) is 0 Å². The lowest BCUT2D eigenvalue weighted by Gasteiger charge is -2.26. The Kier molecular flexibility index (Phi) is 7.42. The van der Waals surface area contributed by atoms with Crippen LogP contribution in [-0.4, -0.2) is 65.2 Å². The van der Waals surface area contributed by atoms with Gasteiger partial charge in [0.25, 0.3) is 0 Å². The first kappa shape index (κ1) is 23.5. The lowest BCUT2D eigenvalue weighted by Crippen LogP contribution is -2.35. The predicted molar refractivity (Wildman–Crippen MR) is 135 cm³/mol. The van der Waals surface area contributed by atoms with Crippen LogP contribution in [0.5, 0.6) is 0 Å². The minimum atomic E-state index is -0.852. The van der Waals surface area contributed by atoms with Gasteiger partial charge in [-0.15, -0.1) is 0 Å². The molecule has 2 aliphatic heterocycles. The highest BCUT2D eigenvalue weighted by atomic mass is 16.5. The van der Waals surface area contributed by atoms with Crippen LogP contribution < -0.4 is 10.2 Å². The van der Waals surface area contributed by atoms with Crippen molar-refractivity contribution in [2.75, 3.05) is 43.1 Å². The van der Waals surface area contributed by atoms with Crippen LogP contribution in [0.25, 0.3) is 0 Å². The first-order chi connectivity index (χ1) is 17.1. The summed E-state index contributed by atoms with van der Waals surface area (Å²) in [6.45, 7) is 4.82. The summed E-state index contributed by atoms with van der Waals surface area (Å²) >= 11 is 0. The Hall–Kier alpha value is -3.20. The fourth-order valence-corrected chi connectivity index (χ4v) is 4.75. The van der Waals surface area contributed by atoms with Gasteiger partial charge in [0.05, 0.1) is 13.2 Å². The fourth-order valence-electron chi connectivity index (χ4n) is 4.75. The molecule has 3 N–H and O–H groups in total. The normalized spacial score (nSPS) is 19.7. The van der Waals surface area contributed by atoms with Gasteiger partial charge in [-0.1, -0.05) is 42.5 Å². The van der Waals surface area contributed by atoms with Crippen molar-refractivity contribution in [3.05, 3.63) is 77.5 Å². The van der Waals surface area contributed by atoms with E-state index >= 15 is 0 Å². The Labute approximate surface area is 205 Å². The van der Waals surface area contributed by atoms with Crippen molar-refractivity contribution in [2.24, 2.45) is 5.92 Å². The zero-order valence-corrected chi connectivity index (χ0v) is 19.9. The van der Waals surface area contributed by atoms with Gasteiger partial charge in [-0.05, 0) is 36.1 Å². The Morgan fingerprint density at radius 3 is 2.60 bits per heavy atom. The van der Waals surface area contributed by atoms with Crippen molar-refractivity contribution in [1.82, 2.24) is 15.1 Å². The van der Waals surface area contributed by atoms with Gasteiger partial charge in [0, 0.05) is 56.0 Å². The summed E-state index contributed by atoms with van der Waals surface area (Å²) in [6.07, 6.45) is 1.21. The molecule has 0 radical (unpaired) electrons. The third kappa shape index (κ3) is 6.08. The monoisotopic (exact) mass is 475 g/mol. The second kappa shape index (κ2) is 11.0. The summed E-state index contributed by atoms with van der Waals surface area (Å²) < 4.78 is 5.41. The molecule has 184 valence electrons. The maximum absolute atomic E-state index is 12.7. The van der Waals surface area contributed by atoms with Crippen LogP contribution in [0.2, 0.25) is 0 Å². The van der Waals surface area contributed by atoms with Gasteiger partial charge >= 0.3 is 0 Å². The first-order valence-corrected chi connectivity index (χ1v) is 12.4. The molecule has 1 amide bonds. The van der Waals surface area contributed by atoms with Gasteiger partial charge in [-0.2, -0.15) is 5.10 Å². The van der Waals surface area contributed by atoms with Crippen LogP contribution in [-0.2, 0) is 28.9 Å². The quantitative estimate of drug-likeness (QED) is 0.412. The van der Waals surface area contributed by atoms with Gasteiger partial charge in [-0.25, -0.2) is 0 Å². The minimum Gasteiger partial charge on any atom is -0.379 e. The highest BCUT2D eigenvalue weighted by molar-refractivity contribution is 5.95. The Morgan fingerprint density at radius 1 is 1.06 bits per heavy atom. The molecule has 2 aliphatic rings. The number of nitrogens with zero attached hydrogens (tertiary/aromatic N) is 3. The number of H-pyrrole nitrogens is 1. The third-order valence-electron chi connectivity index (χ3n) is 6.81. The van der Waals surface area contributed by atoms with E-state index in [1.165, 1.54) is 11.1 Å².